The maximum Gasteiger partial charge on any atom is 0.106 e. The molecule has 0 unspecified atom stereocenters. The van der Waals surface area contributed by atoms with Gasteiger partial charge in [0.15, 0.2) is 0 Å². The van der Waals surface area contributed by atoms with Gasteiger partial charge in [-0.25, -0.2) is 4.98 Å². The molecule has 1 saturated heterocycles. The second-order valence-electron chi connectivity index (χ2n) is 3.80. The molecule has 1 aliphatic heterocycles. The Morgan fingerprint density at radius 2 is 2.06 bits per heavy atom. The van der Waals surface area contributed by atoms with Crippen molar-refractivity contribution in [2.45, 2.75) is 0 Å². The number of aromatic nitrogens is 1. The Morgan fingerprint density at radius 3 is 2.88 bits per heavy atom. The minimum absolute atomic E-state index is 0.839. The Labute approximate surface area is 103 Å². The van der Waals surface area contributed by atoms with Gasteiger partial charge in [0.2, 0.25) is 0 Å². The number of benzene rings is 1. The van der Waals surface area contributed by atoms with E-state index in [1.54, 1.807) is 11.3 Å². The molecule has 1 aromatic heterocycles. The van der Waals surface area contributed by atoms with Crippen LogP contribution in [0.5, 0.6) is 0 Å². The fourth-order valence-electron chi connectivity index (χ4n) is 2.02. The molecule has 0 atom stereocenters. The highest BCUT2D eigenvalue weighted by Crippen LogP contribution is 2.33. The fourth-order valence-corrected chi connectivity index (χ4v) is 3.62. The first-order valence-corrected chi connectivity index (χ1v) is 7.34. The normalized spacial score (nSPS) is 16.9. The number of fused-ring (bicyclic) bond motifs is 1. The lowest BCUT2D eigenvalue weighted by Crippen LogP contribution is -2.32. The van der Waals surface area contributed by atoms with Crippen LogP contribution in [0.1, 0.15) is 0 Å². The summed E-state index contributed by atoms with van der Waals surface area (Å²) >= 11 is 3.65. The van der Waals surface area contributed by atoms with Gasteiger partial charge in [0.05, 0.1) is 21.6 Å². The molecule has 5 heteroatoms. The van der Waals surface area contributed by atoms with Crippen molar-refractivity contribution >= 4 is 44.7 Å². The Kier molecular flexibility index (Phi) is 2.65. The summed E-state index contributed by atoms with van der Waals surface area (Å²) in [7, 11) is 0. The van der Waals surface area contributed by atoms with Crippen molar-refractivity contribution in [1.82, 2.24) is 4.98 Å². The van der Waals surface area contributed by atoms with Gasteiger partial charge in [0.1, 0.15) is 5.52 Å². The molecule has 1 aromatic carbocycles. The van der Waals surface area contributed by atoms with Gasteiger partial charge >= 0.3 is 0 Å². The summed E-state index contributed by atoms with van der Waals surface area (Å²) in [6.45, 7) is 2.18. The molecule has 2 N–H and O–H groups in total. The lowest BCUT2D eigenvalue weighted by atomic mass is 10.2. The van der Waals surface area contributed by atoms with E-state index in [-0.39, 0.29) is 0 Å². The summed E-state index contributed by atoms with van der Waals surface area (Å²) in [5.41, 5.74) is 11.0. The van der Waals surface area contributed by atoms with E-state index in [0.717, 1.165) is 30.0 Å². The third-order valence-corrected chi connectivity index (χ3v) is 4.61. The monoisotopic (exact) mass is 251 g/mol. The van der Waals surface area contributed by atoms with E-state index in [1.165, 1.54) is 16.2 Å². The molecule has 2 aromatic rings. The molecule has 0 bridgehead atoms. The highest BCUT2D eigenvalue weighted by atomic mass is 32.2. The third-order valence-electron chi connectivity index (χ3n) is 2.87. The molecule has 16 heavy (non-hydrogen) atoms. The molecule has 0 saturated carbocycles. The van der Waals surface area contributed by atoms with Crippen LogP contribution in [0.4, 0.5) is 11.4 Å². The van der Waals surface area contributed by atoms with Crippen LogP contribution in [0.2, 0.25) is 0 Å². The Morgan fingerprint density at radius 1 is 1.25 bits per heavy atom. The van der Waals surface area contributed by atoms with Crippen LogP contribution < -0.4 is 10.6 Å². The van der Waals surface area contributed by atoms with Crippen molar-refractivity contribution in [3.05, 3.63) is 17.6 Å². The molecular weight excluding hydrogens is 238 g/mol. The molecule has 3 rings (SSSR count). The number of nitrogen functional groups attached to an aromatic ring is 1. The van der Waals surface area contributed by atoms with Crippen molar-refractivity contribution in [1.29, 1.82) is 0 Å². The maximum absolute atomic E-state index is 6.19. The lowest BCUT2D eigenvalue weighted by Gasteiger charge is -2.29. The van der Waals surface area contributed by atoms with Gasteiger partial charge in [-0.05, 0) is 12.1 Å². The van der Waals surface area contributed by atoms with Crippen molar-refractivity contribution in [2.75, 3.05) is 35.2 Å². The summed E-state index contributed by atoms with van der Waals surface area (Å²) in [6, 6.07) is 4.26. The predicted molar refractivity (Wildman–Crippen MR) is 73.6 cm³/mol. The number of nitrogens with two attached hydrogens (primary N) is 1. The molecule has 84 valence electrons. The molecular formula is C11H13N3S2. The molecule has 1 fully saturated rings. The SMILES string of the molecule is Nc1c(N2CCSCC2)ccc2scnc12. The highest BCUT2D eigenvalue weighted by molar-refractivity contribution is 7.99. The minimum Gasteiger partial charge on any atom is -0.395 e. The van der Waals surface area contributed by atoms with Crippen molar-refractivity contribution in [2.24, 2.45) is 0 Å². The first-order chi connectivity index (χ1) is 7.86. The molecule has 2 heterocycles. The summed E-state index contributed by atoms with van der Waals surface area (Å²) in [6.07, 6.45) is 0. The third kappa shape index (κ3) is 1.64. The molecule has 0 radical (unpaired) electrons. The number of hydrogen-bond acceptors (Lipinski definition) is 5. The Hall–Kier alpha value is -0.940. The van der Waals surface area contributed by atoms with E-state index in [2.05, 4.69) is 22.0 Å². The number of hydrogen-bond donors (Lipinski definition) is 1. The lowest BCUT2D eigenvalue weighted by molar-refractivity contribution is 0.861. The smallest absolute Gasteiger partial charge is 0.106 e. The zero-order chi connectivity index (χ0) is 11.0. The van der Waals surface area contributed by atoms with Gasteiger partial charge in [0.25, 0.3) is 0 Å². The van der Waals surface area contributed by atoms with Gasteiger partial charge in [-0.15, -0.1) is 11.3 Å². The number of thioether (sulfide) groups is 1. The number of nitrogens with zero attached hydrogens (tertiary/aromatic N) is 2. The first kappa shape index (κ1) is 10.2. The number of thiazole rings is 1. The van der Waals surface area contributed by atoms with Crippen molar-refractivity contribution in [3.8, 4) is 0 Å². The average Bonchev–Trinajstić information content (AvgIpc) is 2.80. The quantitative estimate of drug-likeness (QED) is 0.790. The molecule has 0 spiro atoms. The van der Waals surface area contributed by atoms with Gasteiger partial charge in [-0.2, -0.15) is 11.8 Å². The molecule has 0 amide bonds. The van der Waals surface area contributed by atoms with Crippen LogP contribution >= 0.6 is 23.1 Å². The summed E-state index contributed by atoms with van der Waals surface area (Å²) in [5.74, 6) is 2.38. The highest BCUT2D eigenvalue weighted by Gasteiger charge is 2.15. The summed E-state index contributed by atoms with van der Waals surface area (Å²) < 4.78 is 1.17. The summed E-state index contributed by atoms with van der Waals surface area (Å²) in [5, 5.41) is 0. The average molecular weight is 251 g/mol. The minimum atomic E-state index is 0.839. The van der Waals surface area contributed by atoms with Crippen LogP contribution in [0, 0.1) is 0 Å². The zero-order valence-corrected chi connectivity index (χ0v) is 10.5. The molecule has 0 aliphatic carbocycles. The van der Waals surface area contributed by atoms with Crippen LogP contribution in [0.25, 0.3) is 10.2 Å². The van der Waals surface area contributed by atoms with Gasteiger partial charge in [-0.1, -0.05) is 0 Å². The van der Waals surface area contributed by atoms with E-state index < -0.39 is 0 Å². The van der Waals surface area contributed by atoms with Gasteiger partial charge < -0.3 is 10.6 Å². The van der Waals surface area contributed by atoms with Crippen LogP contribution in [-0.4, -0.2) is 29.6 Å². The number of anilines is 2. The summed E-state index contributed by atoms with van der Waals surface area (Å²) in [4.78, 5) is 6.70. The molecule has 3 nitrogen and oxygen atoms in total. The van der Waals surface area contributed by atoms with Crippen LogP contribution in [-0.2, 0) is 0 Å². The Balaban J connectivity index is 2.05. The topological polar surface area (TPSA) is 42.1 Å². The van der Waals surface area contributed by atoms with Gasteiger partial charge in [0, 0.05) is 24.6 Å². The zero-order valence-electron chi connectivity index (χ0n) is 8.85. The van der Waals surface area contributed by atoms with Crippen LogP contribution in [0.3, 0.4) is 0 Å². The van der Waals surface area contributed by atoms with E-state index in [4.69, 9.17) is 5.73 Å². The number of rotatable bonds is 1. The predicted octanol–water partition coefficient (Wildman–Crippen LogP) is 2.43. The fraction of sp³-hybridized carbons (Fsp3) is 0.364. The largest absolute Gasteiger partial charge is 0.395 e. The second kappa shape index (κ2) is 4.14. The standard InChI is InChI=1S/C11H13N3S2/c12-10-8(14-3-5-15-6-4-14)1-2-9-11(10)13-7-16-9/h1-2,7H,3-6,12H2. The first-order valence-electron chi connectivity index (χ1n) is 5.30. The molecule has 1 aliphatic rings. The van der Waals surface area contributed by atoms with E-state index in [0.29, 0.717) is 0 Å². The van der Waals surface area contributed by atoms with Crippen molar-refractivity contribution < 1.29 is 0 Å². The maximum atomic E-state index is 6.19. The second-order valence-corrected chi connectivity index (χ2v) is 5.91. The van der Waals surface area contributed by atoms with Crippen molar-refractivity contribution in [3.63, 3.8) is 0 Å². The Bertz CT molecular complexity index is 503. The van der Waals surface area contributed by atoms with E-state index in [9.17, 15) is 0 Å². The van der Waals surface area contributed by atoms with Gasteiger partial charge in [-0.3, -0.25) is 0 Å². The van der Waals surface area contributed by atoms with E-state index >= 15 is 0 Å². The van der Waals surface area contributed by atoms with Crippen LogP contribution in [0.15, 0.2) is 17.6 Å². The van der Waals surface area contributed by atoms with E-state index in [1.807, 2.05) is 17.3 Å².